The van der Waals surface area contributed by atoms with Crippen molar-refractivity contribution in [3.05, 3.63) is 22.5 Å². The van der Waals surface area contributed by atoms with Crippen LogP contribution in [-0.2, 0) is 4.74 Å². The Morgan fingerprint density at radius 1 is 1.15 bits per heavy atom. The zero-order chi connectivity index (χ0) is 18.7. The predicted octanol–water partition coefficient (Wildman–Crippen LogP) is 2.55. The number of H-pyrrole nitrogens is 1. The minimum Gasteiger partial charge on any atom is -0.379 e. The van der Waals surface area contributed by atoms with E-state index in [0.29, 0.717) is 11.3 Å². The summed E-state index contributed by atoms with van der Waals surface area (Å²) in [5.41, 5.74) is 2.84. The maximum atomic E-state index is 13.3. The van der Waals surface area contributed by atoms with E-state index in [1.165, 1.54) is 6.42 Å². The number of aromatic nitrogens is 1. The fraction of sp³-hybridized carbons (Fsp3) is 0.700. The molecule has 2 aliphatic rings. The van der Waals surface area contributed by atoms with Gasteiger partial charge in [-0.05, 0) is 45.1 Å². The number of amides is 1. The number of likely N-dealkylation sites (tertiary alicyclic amines) is 1. The van der Waals surface area contributed by atoms with Crippen molar-refractivity contribution in [1.29, 1.82) is 0 Å². The molecule has 1 unspecified atom stereocenters. The quantitative estimate of drug-likeness (QED) is 0.819. The normalized spacial score (nSPS) is 21.8. The summed E-state index contributed by atoms with van der Waals surface area (Å²) in [6.45, 7) is 10.7. The molecule has 1 aromatic rings. The van der Waals surface area contributed by atoms with Gasteiger partial charge in [0, 0.05) is 44.8 Å². The van der Waals surface area contributed by atoms with Crippen LogP contribution in [0.25, 0.3) is 0 Å². The van der Waals surface area contributed by atoms with E-state index in [2.05, 4.69) is 14.8 Å². The fourth-order valence-corrected chi connectivity index (χ4v) is 4.29. The molecule has 0 spiro atoms. The molecule has 3 heterocycles. The van der Waals surface area contributed by atoms with Crippen LogP contribution in [0.3, 0.4) is 0 Å². The lowest BCUT2D eigenvalue weighted by Crippen LogP contribution is -2.46. The van der Waals surface area contributed by atoms with Crippen LogP contribution in [0.2, 0.25) is 0 Å². The molecule has 2 fully saturated rings. The Morgan fingerprint density at radius 3 is 2.54 bits per heavy atom. The maximum absolute atomic E-state index is 13.3. The van der Waals surface area contributed by atoms with Crippen molar-refractivity contribution in [1.82, 2.24) is 14.8 Å². The summed E-state index contributed by atoms with van der Waals surface area (Å²) in [6.07, 6.45) is 4.31. The first kappa shape index (κ1) is 19.1. The summed E-state index contributed by atoms with van der Waals surface area (Å²) < 4.78 is 5.42. The molecule has 1 atom stereocenters. The van der Waals surface area contributed by atoms with Crippen molar-refractivity contribution in [2.45, 2.75) is 52.5 Å². The summed E-state index contributed by atoms with van der Waals surface area (Å²) in [5.74, 6) is 0.0580. The first-order valence-corrected chi connectivity index (χ1v) is 9.80. The Balaban J connectivity index is 1.72. The van der Waals surface area contributed by atoms with Crippen molar-refractivity contribution >= 4 is 11.7 Å². The lowest BCUT2D eigenvalue weighted by molar-refractivity contribution is 0.0295. The maximum Gasteiger partial charge on any atom is 0.256 e. The number of ketones is 1. The number of morpholine rings is 1. The molecule has 1 aromatic heterocycles. The minimum absolute atomic E-state index is 0.0211. The number of ether oxygens (including phenoxy) is 1. The molecule has 6 heteroatoms. The Labute approximate surface area is 155 Å². The van der Waals surface area contributed by atoms with Crippen molar-refractivity contribution in [2.24, 2.45) is 0 Å². The predicted molar refractivity (Wildman–Crippen MR) is 101 cm³/mol. The van der Waals surface area contributed by atoms with Crippen LogP contribution in [-0.4, -0.2) is 71.9 Å². The van der Waals surface area contributed by atoms with Crippen molar-refractivity contribution in [3.8, 4) is 0 Å². The first-order chi connectivity index (χ1) is 12.5. The molecule has 1 N–H and O–H groups in total. The molecule has 26 heavy (non-hydrogen) atoms. The zero-order valence-corrected chi connectivity index (χ0v) is 16.3. The van der Waals surface area contributed by atoms with Crippen LogP contribution < -0.4 is 0 Å². The number of rotatable bonds is 5. The highest BCUT2D eigenvalue weighted by molar-refractivity contribution is 6.02. The van der Waals surface area contributed by atoms with Gasteiger partial charge in [-0.15, -0.1) is 0 Å². The Bertz CT molecular complexity index is 662. The second-order valence-corrected chi connectivity index (χ2v) is 7.57. The smallest absolute Gasteiger partial charge is 0.256 e. The molecule has 0 saturated carbocycles. The number of Topliss-reactive ketones (excluding diaryl/α,β-unsaturated/α-hetero) is 1. The molecular weight excluding hydrogens is 330 g/mol. The lowest BCUT2D eigenvalue weighted by Gasteiger charge is -2.37. The van der Waals surface area contributed by atoms with E-state index in [-0.39, 0.29) is 17.7 Å². The van der Waals surface area contributed by atoms with E-state index >= 15 is 0 Å². The molecule has 0 aromatic carbocycles. The van der Waals surface area contributed by atoms with Gasteiger partial charge in [0.25, 0.3) is 5.91 Å². The highest BCUT2D eigenvalue weighted by atomic mass is 16.5. The number of nitrogens with zero attached hydrogens (tertiary/aromatic N) is 2. The Kier molecular flexibility index (Phi) is 6.14. The van der Waals surface area contributed by atoms with Crippen molar-refractivity contribution in [2.75, 3.05) is 39.4 Å². The van der Waals surface area contributed by atoms with Crippen LogP contribution in [0.1, 0.15) is 64.7 Å². The third-order valence-electron chi connectivity index (χ3n) is 5.77. The summed E-state index contributed by atoms with van der Waals surface area (Å²) in [4.78, 5) is 32.7. The summed E-state index contributed by atoms with van der Waals surface area (Å²) in [6, 6.07) is 0.286. The summed E-state index contributed by atoms with van der Waals surface area (Å²) >= 11 is 0. The largest absolute Gasteiger partial charge is 0.379 e. The van der Waals surface area contributed by atoms with Gasteiger partial charge in [0.2, 0.25) is 0 Å². The highest BCUT2D eigenvalue weighted by Gasteiger charge is 2.31. The van der Waals surface area contributed by atoms with E-state index in [1.54, 1.807) is 6.92 Å². The van der Waals surface area contributed by atoms with Crippen LogP contribution in [0.15, 0.2) is 0 Å². The fourth-order valence-electron chi connectivity index (χ4n) is 4.29. The van der Waals surface area contributed by atoms with Gasteiger partial charge in [0.1, 0.15) is 0 Å². The second kappa shape index (κ2) is 8.35. The second-order valence-electron chi connectivity index (χ2n) is 7.57. The third kappa shape index (κ3) is 4.01. The summed E-state index contributed by atoms with van der Waals surface area (Å²) in [5, 5.41) is 0. The van der Waals surface area contributed by atoms with E-state index < -0.39 is 0 Å². The van der Waals surface area contributed by atoms with Gasteiger partial charge in [-0.25, -0.2) is 0 Å². The number of carbonyl (C=O) groups excluding carboxylic acids is 2. The van der Waals surface area contributed by atoms with Crippen molar-refractivity contribution < 1.29 is 14.3 Å². The first-order valence-electron chi connectivity index (χ1n) is 9.80. The van der Waals surface area contributed by atoms with E-state index in [0.717, 1.165) is 69.9 Å². The van der Waals surface area contributed by atoms with E-state index in [9.17, 15) is 9.59 Å². The lowest BCUT2D eigenvalue weighted by atomic mass is 9.97. The number of piperidine rings is 1. The molecule has 2 saturated heterocycles. The summed E-state index contributed by atoms with van der Waals surface area (Å²) in [7, 11) is 0. The number of aromatic amines is 1. The number of nitrogens with one attached hydrogen (secondary N) is 1. The van der Waals surface area contributed by atoms with Gasteiger partial charge in [-0.1, -0.05) is 0 Å². The molecule has 0 aliphatic carbocycles. The van der Waals surface area contributed by atoms with Gasteiger partial charge >= 0.3 is 0 Å². The van der Waals surface area contributed by atoms with Gasteiger partial charge in [0.15, 0.2) is 5.78 Å². The van der Waals surface area contributed by atoms with Gasteiger partial charge in [-0.2, -0.15) is 0 Å². The van der Waals surface area contributed by atoms with Crippen molar-refractivity contribution in [3.63, 3.8) is 0 Å². The van der Waals surface area contributed by atoms with Crippen LogP contribution in [0, 0.1) is 13.8 Å². The van der Waals surface area contributed by atoms with Crippen LogP contribution in [0.4, 0.5) is 0 Å². The molecule has 1 amide bonds. The Morgan fingerprint density at radius 2 is 1.88 bits per heavy atom. The molecule has 6 nitrogen and oxygen atoms in total. The highest BCUT2D eigenvalue weighted by Crippen LogP contribution is 2.26. The number of aryl methyl sites for hydroxylation is 1. The van der Waals surface area contributed by atoms with Gasteiger partial charge in [-0.3, -0.25) is 14.5 Å². The Hall–Kier alpha value is -1.66. The van der Waals surface area contributed by atoms with E-state index in [4.69, 9.17) is 4.74 Å². The molecule has 3 rings (SSSR count). The molecule has 0 radical (unpaired) electrons. The molecule has 2 aliphatic heterocycles. The van der Waals surface area contributed by atoms with Crippen LogP contribution in [0.5, 0.6) is 0 Å². The topological polar surface area (TPSA) is 65.6 Å². The number of hydrogen-bond donors (Lipinski definition) is 1. The van der Waals surface area contributed by atoms with Gasteiger partial charge in [0.05, 0.1) is 24.5 Å². The van der Waals surface area contributed by atoms with Crippen LogP contribution >= 0.6 is 0 Å². The average molecular weight is 361 g/mol. The molecule has 144 valence electrons. The number of hydrogen-bond acceptors (Lipinski definition) is 4. The average Bonchev–Trinajstić information content (AvgIpc) is 2.95. The minimum atomic E-state index is -0.0211. The zero-order valence-electron chi connectivity index (χ0n) is 16.3. The van der Waals surface area contributed by atoms with E-state index in [1.807, 2.05) is 13.8 Å². The third-order valence-corrected chi connectivity index (χ3v) is 5.77. The van der Waals surface area contributed by atoms with Gasteiger partial charge < -0.3 is 14.6 Å². The molecular formula is C20H31N3O3. The monoisotopic (exact) mass is 361 g/mol. The SMILES string of the molecule is CC(=O)c1[nH]c(C)c(C(=O)N2CCCCC2CCN2CCOCC2)c1C. The standard InChI is InChI=1S/C20H31N3O3/c1-14-18(15(2)21-19(14)16(3)24)20(25)23-8-5-4-6-17(23)7-9-22-10-12-26-13-11-22/h17,21H,4-13H2,1-3H3. The molecule has 0 bridgehead atoms. The number of carbonyl (C=O) groups is 2.